The maximum absolute atomic E-state index is 11.9. The zero-order valence-electron chi connectivity index (χ0n) is 10.4. The van der Waals surface area contributed by atoms with E-state index in [4.69, 9.17) is 23.5 Å². The fraction of sp³-hybridized carbons (Fsp3) is 0.750. The Morgan fingerprint density at radius 1 is 1.38 bits per heavy atom. The second-order valence-corrected chi connectivity index (χ2v) is 5.93. The summed E-state index contributed by atoms with van der Waals surface area (Å²) in [5.74, 6) is -0.436. The van der Waals surface area contributed by atoms with Gasteiger partial charge in [-0.15, -0.1) is 11.6 Å². The van der Waals surface area contributed by atoms with Gasteiger partial charge in [0, 0.05) is 5.41 Å². The van der Waals surface area contributed by atoms with E-state index in [1.54, 1.807) is 0 Å². The van der Waals surface area contributed by atoms with Crippen LogP contribution in [0.4, 0.5) is 0 Å². The summed E-state index contributed by atoms with van der Waals surface area (Å²) in [4.78, 5) is 11.2. The molecule has 0 N–H and O–H groups in total. The molecule has 16 heavy (non-hydrogen) atoms. The summed E-state index contributed by atoms with van der Waals surface area (Å²) >= 11 is 11.8. The number of allylic oxidation sites excluding steroid dienone is 2. The third-order valence-electron chi connectivity index (χ3n) is 3.97. The molecule has 1 fully saturated rings. The summed E-state index contributed by atoms with van der Waals surface area (Å²) in [7, 11) is 0. The lowest BCUT2D eigenvalue weighted by molar-refractivity contribution is -0.141. The van der Waals surface area contributed by atoms with Crippen molar-refractivity contribution in [3.05, 3.63) is 11.6 Å². The summed E-state index contributed by atoms with van der Waals surface area (Å²) in [6.45, 7) is 9.79. The van der Waals surface area contributed by atoms with Gasteiger partial charge < -0.3 is 4.29 Å². The quantitative estimate of drug-likeness (QED) is 0.568. The van der Waals surface area contributed by atoms with Crippen LogP contribution in [-0.2, 0) is 9.08 Å². The van der Waals surface area contributed by atoms with Crippen LogP contribution in [0.15, 0.2) is 11.6 Å². The van der Waals surface area contributed by atoms with E-state index in [2.05, 4.69) is 4.29 Å². The number of carbonyl (C=O) groups is 1. The highest BCUT2D eigenvalue weighted by molar-refractivity contribution is 6.32. The largest absolute Gasteiger partial charge is 0.347 e. The van der Waals surface area contributed by atoms with Crippen LogP contribution in [0, 0.1) is 10.8 Å². The van der Waals surface area contributed by atoms with Crippen LogP contribution in [0.25, 0.3) is 0 Å². The molecule has 0 spiro atoms. The minimum Gasteiger partial charge on any atom is -0.347 e. The van der Waals surface area contributed by atoms with E-state index in [1.807, 2.05) is 40.7 Å². The Bertz CT molecular complexity index is 345. The van der Waals surface area contributed by atoms with Crippen LogP contribution in [0.2, 0.25) is 0 Å². The fourth-order valence-corrected chi connectivity index (χ4v) is 3.87. The van der Waals surface area contributed by atoms with E-state index < -0.39 is 16.3 Å². The number of rotatable bonds is 3. The van der Waals surface area contributed by atoms with Crippen LogP contribution >= 0.6 is 23.5 Å². The monoisotopic (exact) mass is 264 g/mol. The van der Waals surface area contributed by atoms with Gasteiger partial charge >= 0.3 is 5.97 Å². The van der Waals surface area contributed by atoms with Gasteiger partial charge in [-0.2, -0.15) is 0 Å². The van der Waals surface area contributed by atoms with Gasteiger partial charge in [0.25, 0.3) is 0 Å². The van der Waals surface area contributed by atoms with Crippen LogP contribution in [0.5, 0.6) is 0 Å². The minimum atomic E-state index is -0.722. The molecule has 0 aliphatic heterocycles. The summed E-state index contributed by atoms with van der Waals surface area (Å²) in [5.41, 5.74) is 0.0147. The molecule has 0 heterocycles. The third kappa shape index (κ3) is 1.36. The van der Waals surface area contributed by atoms with E-state index >= 15 is 0 Å². The summed E-state index contributed by atoms with van der Waals surface area (Å²) in [6.07, 6.45) is 2.55. The molecule has 0 radical (unpaired) electrons. The first kappa shape index (κ1) is 13.9. The molecule has 0 amide bonds. The van der Waals surface area contributed by atoms with Gasteiger partial charge in [-0.05, 0) is 20.3 Å². The molecule has 0 saturated heterocycles. The second-order valence-electron chi connectivity index (χ2n) is 5.18. The number of hydrogen-bond acceptors (Lipinski definition) is 2. The van der Waals surface area contributed by atoms with Gasteiger partial charge in [-0.25, -0.2) is 4.79 Å². The predicted octanol–water partition coefficient (Wildman–Crippen LogP) is 4.06. The number of alkyl halides is 1. The van der Waals surface area contributed by atoms with E-state index in [0.29, 0.717) is 6.42 Å². The average Bonchev–Trinajstić information content (AvgIpc) is 2.54. The molecule has 2 atom stereocenters. The van der Waals surface area contributed by atoms with Crippen LogP contribution < -0.4 is 0 Å². The lowest BCUT2D eigenvalue weighted by Crippen LogP contribution is -2.24. The first-order valence-corrected chi connectivity index (χ1v) is 6.08. The average molecular weight is 265 g/mol. The highest BCUT2D eigenvalue weighted by Crippen LogP contribution is 2.78. The molecule has 4 heteroatoms. The topological polar surface area (TPSA) is 26.3 Å². The lowest BCUT2D eigenvalue weighted by Gasteiger charge is -2.14. The van der Waals surface area contributed by atoms with Crippen LogP contribution in [0.1, 0.15) is 41.0 Å². The van der Waals surface area contributed by atoms with Gasteiger partial charge in [0.15, 0.2) is 0 Å². The van der Waals surface area contributed by atoms with E-state index in [-0.39, 0.29) is 5.41 Å². The van der Waals surface area contributed by atoms with E-state index in [0.717, 1.165) is 5.57 Å². The lowest BCUT2D eigenvalue weighted by atomic mass is 9.93. The molecule has 0 aromatic heterocycles. The first-order valence-electron chi connectivity index (χ1n) is 5.39. The third-order valence-corrected chi connectivity index (χ3v) is 5.02. The van der Waals surface area contributed by atoms with Crippen molar-refractivity contribution < 1.29 is 9.08 Å². The zero-order chi connectivity index (χ0) is 12.8. The van der Waals surface area contributed by atoms with Crippen molar-refractivity contribution >= 4 is 29.4 Å². The van der Waals surface area contributed by atoms with Crippen molar-refractivity contribution in [1.82, 2.24) is 0 Å². The van der Waals surface area contributed by atoms with Crippen LogP contribution in [-0.4, -0.2) is 10.8 Å². The second kappa shape index (κ2) is 3.92. The Labute approximate surface area is 107 Å². The van der Waals surface area contributed by atoms with Gasteiger partial charge in [-0.1, -0.05) is 32.4 Å². The first-order chi connectivity index (χ1) is 7.21. The van der Waals surface area contributed by atoms with Crippen molar-refractivity contribution in [3.63, 3.8) is 0 Å². The highest BCUT2D eigenvalue weighted by Gasteiger charge is 2.84. The summed E-state index contributed by atoms with van der Waals surface area (Å²) < 4.78 is 4.40. The predicted molar refractivity (Wildman–Crippen MR) is 66.5 cm³/mol. The number of halogens is 2. The number of hydrogen-bond donors (Lipinski definition) is 0. The Morgan fingerprint density at radius 3 is 2.19 bits per heavy atom. The molecular weight excluding hydrogens is 247 g/mol. The van der Waals surface area contributed by atoms with Gasteiger partial charge in [0.1, 0.15) is 11.9 Å². The van der Waals surface area contributed by atoms with Crippen molar-refractivity contribution in [2.24, 2.45) is 10.8 Å². The van der Waals surface area contributed by atoms with Gasteiger partial charge in [0.2, 0.25) is 0 Å². The SMILES string of the molecule is CCC1(C(=O)OCl)C(C)(C)C1(Cl)C=C(C)C. The van der Waals surface area contributed by atoms with E-state index in [1.165, 1.54) is 0 Å². The van der Waals surface area contributed by atoms with Crippen molar-refractivity contribution in [2.75, 3.05) is 0 Å². The molecular formula is C12H18Cl2O2. The van der Waals surface area contributed by atoms with Gasteiger partial charge in [0.05, 0.1) is 10.3 Å². The van der Waals surface area contributed by atoms with Crippen LogP contribution in [0.3, 0.4) is 0 Å². The minimum absolute atomic E-state index is 0.348. The molecule has 1 rings (SSSR count). The Morgan fingerprint density at radius 2 is 1.88 bits per heavy atom. The molecule has 0 aromatic carbocycles. The fourth-order valence-electron chi connectivity index (χ4n) is 2.96. The molecule has 0 aromatic rings. The molecule has 1 saturated carbocycles. The van der Waals surface area contributed by atoms with Gasteiger partial charge in [-0.3, -0.25) is 0 Å². The summed E-state index contributed by atoms with van der Waals surface area (Å²) in [5, 5.41) is 0. The molecule has 2 nitrogen and oxygen atoms in total. The van der Waals surface area contributed by atoms with E-state index in [9.17, 15) is 4.79 Å². The maximum atomic E-state index is 11.9. The highest BCUT2D eigenvalue weighted by atomic mass is 35.5. The van der Waals surface area contributed by atoms with Crippen molar-refractivity contribution in [3.8, 4) is 0 Å². The molecule has 0 bridgehead atoms. The zero-order valence-corrected chi connectivity index (χ0v) is 11.9. The molecule has 1 aliphatic rings. The Kier molecular flexibility index (Phi) is 3.39. The smallest absolute Gasteiger partial charge is 0.333 e. The summed E-state index contributed by atoms with van der Waals surface area (Å²) in [6, 6.07) is 0. The maximum Gasteiger partial charge on any atom is 0.333 e. The molecule has 2 unspecified atom stereocenters. The molecule has 92 valence electrons. The standard InChI is InChI=1S/C12H18Cl2O2/c1-6-11(9(15)16-14)10(4,5)12(11,13)7-8(2)3/h7H,6H2,1-5H3. The Balaban J connectivity index is 3.26. The van der Waals surface area contributed by atoms with Crippen molar-refractivity contribution in [1.29, 1.82) is 0 Å². The number of carbonyl (C=O) groups excluding carboxylic acids is 1. The normalized spacial score (nSPS) is 35.4. The van der Waals surface area contributed by atoms with Crippen molar-refractivity contribution in [2.45, 2.75) is 45.9 Å². The molecule has 1 aliphatic carbocycles. The Hall–Kier alpha value is -0.210.